The minimum absolute atomic E-state index is 0.122. The average molecular weight is 251 g/mol. The molecule has 0 aliphatic heterocycles. The SMILES string of the molecule is C[C@]1(CO)C[C@]1(F)Cn1cnc2c(N)ncnc21. The number of halogens is 1. The Bertz CT molecular complexity index is 614. The zero-order valence-electron chi connectivity index (χ0n) is 9.97. The topological polar surface area (TPSA) is 89.8 Å². The molecule has 0 amide bonds. The van der Waals surface area contributed by atoms with Crippen LogP contribution in [0.15, 0.2) is 12.7 Å². The predicted molar refractivity (Wildman–Crippen MR) is 63.4 cm³/mol. The van der Waals surface area contributed by atoms with Gasteiger partial charge in [0.1, 0.15) is 17.5 Å². The minimum Gasteiger partial charge on any atom is -0.396 e. The molecule has 0 unspecified atom stereocenters. The lowest BCUT2D eigenvalue weighted by Gasteiger charge is -2.13. The molecule has 6 nitrogen and oxygen atoms in total. The molecule has 1 aliphatic carbocycles. The van der Waals surface area contributed by atoms with Crippen molar-refractivity contribution in [1.82, 2.24) is 19.5 Å². The lowest BCUT2D eigenvalue weighted by Crippen LogP contribution is -2.22. The molecule has 0 aromatic carbocycles. The molecule has 7 heteroatoms. The van der Waals surface area contributed by atoms with Crippen molar-refractivity contribution >= 4 is 17.0 Å². The van der Waals surface area contributed by atoms with Crippen LogP contribution in [0.3, 0.4) is 0 Å². The van der Waals surface area contributed by atoms with Gasteiger partial charge in [-0.1, -0.05) is 6.92 Å². The quantitative estimate of drug-likeness (QED) is 0.830. The fraction of sp³-hybridized carbons (Fsp3) is 0.545. The van der Waals surface area contributed by atoms with Gasteiger partial charge in [0.2, 0.25) is 0 Å². The standard InChI is InChI=1S/C11H14FN5O/c1-10(4-18)2-11(10,12)3-17-6-16-7-8(13)14-5-15-9(7)17/h5-6,18H,2-4H2,1H3,(H2,13,14,15)/t10-,11+/m1/s1. The predicted octanol–water partition coefficient (Wildman–Crippen LogP) is 0.519. The Labute approximate surface area is 103 Å². The Morgan fingerprint density at radius 1 is 1.50 bits per heavy atom. The van der Waals surface area contributed by atoms with Crippen LogP contribution < -0.4 is 5.73 Å². The maximum atomic E-state index is 14.5. The van der Waals surface area contributed by atoms with Crippen LogP contribution in [0.1, 0.15) is 13.3 Å². The fourth-order valence-electron chi connectivity index (χ4n) is 2.30. The molecular formula is C11H14FN5O. The second kappa shape index (κ2) is 3.38. The van der Waals surface area contributed by atoms with Crippen molar-refractivity contribution < 1.29 is 9.50 Å². The molecule has 1 fully saturated rings. The number of imidazole rings is 1. The van der Waals surface area contributed by atoms with Gasteiger partial charge in [0, 0.05) is 5.41 Å². The first kappa shape index (κ1) is 11.3. The summed E-state index contributed by atoms with van der Waals surface area (Å²) in [6, 6.07) is 0. The molecule has 3 N–H and O–H groups in total. The van der Waals surface area contributed by atoms with E-state index in [1.165, 1.54) is 12.7 Å². The van der Waals surface area contributed by atoms with E-state index >= 15 is 0 Å². The number of rotatable bonds is 3. The second-order valence-corrected chi connectivity index (χ2v) is 5.16. The van der Waals surface area contributed by atoms with E-state index in [1.807, 2.05) is 0 Å². The highest BCUT2D eigenvalue weighted by molar-refractivity contribution is 5.81. The molecule has 3 rings (SSSR count). The molecule has 96 valence electrons. The summed E-state index contributed by atoms with van der Waals surface area (Å²) in [5, 5.41) is 9.18. The number of hydrogen-bond acceptors (Lipinski definition) is 5. The van der Waals surface area contributed by atoms with E-state index in [0.717, 1.165) is 0 Å². The average Bonchev–Trinajstić information content (AvgIpc) is 2.70. The Morgan fingerprint density at radius 3 is 2.94 bits per heavy atom. The van der Waals surface area contributed by atoms with Gasteiger partial charge in [-0.2, -0.15) is 0 Å². The maximum Gasteiger partial charge on any atom is 0.165 e. The summed E-state index contributed by atoms with van der Waals surface area (Å²) in [6.45, 7) is 1.69. The van der Waals surface area contributed by atoms with Crippen molar-refractivity contribution in [2.24, 2.45) is 5.41 Å². The third kappa shape index (κ3) is 1.40. The molecule has 2 atom stereocenters. The van der Waals surface area contributed by atoms with E-state index in [2.05, 4.69) is 15.0 Å². The fourth-order valence-corrected chi connectivity index (χ4v) is 2.30. The summed E-state index contributed by atoms with van der Waals surface area (Å²) in [5.41, 5.74) is 4.59. The van der Waals surface area contributed by atoms with Crippen molar-refractivity contribution in [2.75, 3.05) is 12.3 Å². The van der Waals surface area contributed by atoms with Crippen molar-refractivity contribution in [3.05, 3.63) is 12.7 Å². The summed E-state index contributed by atoms with van der Waals surface area (Å²) >= 11 is 0. The molecule has 18 heavy (non-hydrogen) atoms. The lowest BCUT2D eigenvalue weighted by molar-refractivity contribution is 0.139. The number of aliphatic hydroxyl groups excluding tert-OH is 1. The first-order valence-electron chi connectivity index (χ1n) is 5.70. The molecule has 0 spiro atoms. The third-order valence-electron chi connectivity index (χ3n) is 3.83. The normalized spacial score (nSPS) is 30.8. The van der Waals surface area contributed by atoms with E-state index in [0.29, 0.717) is 17.6 Å². The van der Waals surface area contributed by atoms with Gasteiger partial charge in [-0.3, -0.25) is 0 Å². The largest absolute Gasteiger partial charge is 0.396 e. The highest BCUT2D eigenvalue weighted by atomic mass is 19.1. The van der Waals surface area contributed by atoms with Gasteiger partial charge in [0.05, 0.1) is 19.5 Å². The van der Waals surface area contributed by atoms with E-state index < -0.39 is 11.1 Å². The molecular weight excluding hydrogens is 237 g/mol. The Hall–Kier alpha value is -1.76. The van der Waals surface area contributed by atoms with Crippen LogP contribution >= 0.6 is 0 Å². The Morgan fingerprint density at radius 2 is 2.28 bits per heavy atom. The molecule has 2 heterocycles. The van der Waals surface area contributed by atoms with Crippen molar-refractivity contribution in [2.45, 2.75) is 25.6 Å². The Balaban J connectivity index is 1.96. The van der Waals surface area contributed by atoms with Gasteiger partial charge in [0.25, 0.3) is 0 Å². The summed E-state index contributed by atoms with van der Waals surface area (Å²) in [7, 11) is 0. The molecule has 0 bridgehead atoms. The van der Waals surface area contributed by atoms with Crippen LogP contribution in [0.5, 0.6) is 0 Å². The Kier molecular flexibility index (Phi) is 2.13. The van der Waals surface area contributed by atoms with Crippen LogP contribution in [0.2, 0.25) is 0 Å². The zero-order valence-corrected chi connectivity index (χ0v) is 9.97. The van der Waals surface area contributed by atoms with Crippen molar-refractivity contribution in [1.29, 1.82) is 0 Å². The summed E-state index contributed by atoms with van der Waals surface area (Å²) in [6.07, 6.45) is 3.18. The molecule has 1 saturated carbocycles. The smallest absolute Gasteiger partial charge is 0.165 e. The first-order valence-corrected chi connectivity index (χ1v) is 5.70. The van der Waals surface area contributed by atoms with E-state index in [1.54, 1.807) is 11.5 Å². The summed E-state index contributed by atoms with van der Waals surface area (Å²) < 4.78 is 16.1. The number of hydrogen-bond donors (Lipinski definition) is 2. The lowest BCUT2D eigenvalue weighted by atomic mass is 10.1. The third-order valence-corrected chi connectivity index (χ3v) is 3.83. The number of fused-ring (bicyclic) bond motifs is 1. The monoisotopic (exact) mass is 251 g/mol. The summed E-state index contributed by atoms with van der Waals surface area (Å²) in [5.74, 6) is 0.285. The van der Waals surface area contributed by atoms with Gasteiger partial charge >= 0.3 is 0 Å². The van der Waals surface area contributed by atoms with Crippen LogP contribution in [0, 0.1) is 5.41 Å². The number of nitrogen functional groups attached to an aromatic ring is 1. The molecule has 0 radical (unpaired) electrons. The van der Waals surface area contributed by atoms with E-state index in [4.69, 9.17) is 5.73 Å². The van der Waals surface area contributed by atoms with E-state index in [9.17, 15) is 9.50 Å². The van der Waals surface area contributed by atoms with Crippen LogP contribution in [0.4, 0.5) is 10.2 Å². The first-order chi connectivity index (χ1) is 8.49. The highest BCUT2D eigenvalue weighted by Gasteiger charge is 2.65. The van der Waals surface area contributed by atoms with Crippen LogP contribution in [0.25, 0.3) is 11.2 Å². The van der Waals surface area contributed by atoms with Gasteiger partial charge < -0.3 is 15.4 Å². The number of nitrogens with two attached hydrogens (primary N) is 1. The molecule has 1 aliphatic rings. The molecule has 2 aromatic heterocycles. The zero-order chi connectivity index (χ0) is 13.0. The van der Waals surface area contributed by atoms with Crippen LogP contribution in [-0.2, 0) is 6.54 Å². The molecule has 2 aromatic rings. The highest BCUT2D eigenvalue weighted by Crippen LogP contribution is 2.59. The van der Waals surface area contributed by atoms with Crippen molar-refractivity contribution in [3.8, 4) is 0 Å². The summed E-state index contributed by atoms with van der Waals surface area (Å²) in [4.78, 5) is 12.0. The van der Waals surface area contributed by atoms with Crippen molar-refractivity contribution in [3.63, 3.8) is 0 Å². The van der Waals surface area contributed by atoms with Gasteiger partial charge in [-0.05, 0) is 6.42 Å². The number of nitrogens with zero attached hydrogens (tertiary/aromatic N) is 4. The number of anilines is 1. The number of aromatic nitrogens is 4. The van der Waals surface area contributed by atoms with Crippen LogP contribution in [-0.4, -0.2) is 36.9 Å². The maximum absolute atomic E-state index is 14.5. The van der Waals surface area contributed by atoms with Gasteiger partial charge in [-0.15, -0.1) is 0 Å². The van der Waals surface area contributed by atoms with Gasteiger partial charge in [-0.25, -0.2) is 19.3 Å². The van der Waals surface area contributed by atoms with Gasteiger partial charge in [0.15, 0.2) is 11.5 Å². The number of alkyl halides is 1. The van der Waals surface area contributed by atoms with E-state index in [-0.39, 0.29) is 19.0 Å². The number of aliphatic hydroxyl groups is 1. The second-order valence-electron chi connectivity index (χ2n) is 5.16. The molecule has 0 saturated heterocycles. The minimum atomic E-state index is -1.41.